The highest BCUT2D eigenvalue weighted by atomic mass is 32.2. The van der Waals surface area contributed by atoms with Crippen molar-refractivity contribution in [2.45, 2.75) is 13.0 Å². The minimum Gasteiger partial charge on any atom is -0.320 e. The fraction of sp³-hybridized carbons (Fsp3) is 0.727. The minimum atomic E-state index is -3.41. The Hall–Kier alpha value is -0.960. The molecular weight excluding hydrogens is 266 g/mol. The first-order chi connectivity index (χ1) is 8.87. The lowest BCUT2D eigenvalue weighted by atomic mass is 10.4. The van der Waals surface area contributed by atoms with Crippen LogP contribution in [-0.2, 0) is 23.8 Å². The van der Waals surface area contributed by atoms with Crippen LogP contribution in [0.15, 0.2) is 12.4 Å². The summed E-state index contributed by atoms with van der Waals surface area (Å²) >= 11 is 0. The van der Waals surface area contributed by atoms with E-state index in [1.165, 1.54) is 8.61 Å². The van der Waals surface area contributed by atoms with E-state index in [0.29, 0.717) is 13.1 Å². The van der Waals surface area contributed by atoms with E-state index >= 15 is 0 Å². The van der Waals surface area contributed by atoms with Crippen molar-refractivity contribution in [1.29, 1.82) is 0 Å². The van der Waals surface area contributed by atoms with Gasteiger partial charge in [-0.15, -0.1) is 0 Å². The average Bonchev–Trinajstić information content (AvgIpc) is 2.74. The normalized spacial score (nSPS) is 12.5. The fourth-order valence-corrected chi connectivity index (χ4v) is 2.87. The largest absolute Gasteiger partial charge is 0.320 e. The SMILES string of the molecule is CNCCCN(C)S(=O)(=O)N(C)Cc1cnn(C)c1. The van der Waals surface area contributed by atoms with Crippen molar-refractivity contribution in [2.24, 2.45) is 7.05 Å². The van der Waals surface area contributed by atoms with Crippen LogP contribution in [0.5, 0.6) is 0 Å². The summed E-state index contributed by atoms with van der Waals surface area (Å²) in [5, 5.41) is 7.03. The Bertz CT molecular complexity index is 485. The lowest BCUT2D eigenvalue weighted by Crippen LogP contribution is -2.40. The maximum absolute atomic E-state index is 12.2. The van der Waals surface area contributed by atoms with Crippen LogP contribution in [-0.4, -0.2) is 61.0 Å². The van der Waals surface area contributed by atoms with Gasteiger partial charge in [-0.05, 0) is 20.0 Å². The van der Waals surface area contributed by atoms with Crippen molar-refractivity contribution in [1.82, 2.24) is 23.7 Å². The maximum Gasteiger partial charge on any atom is 0.281 e. The molecule has 1 N–H and O–H groups in total. The molecule has 0 aromatic carbocycles. The summed E-state index contributed by atoms with van der Waals surface area (Å²) in [6.07, 6.45) is 4.27. The number of rotatable bonds is 8. The van der Waals surface area contributed by atoms with Crippen molar-refractivity contribution < 1.29 is 8.42 Å². The molecule has 0 radical (unpaired) electrons. The summed E-state index contributed by atoms with van der Waals surface area (Å²) in [6, 6.07) is 0. The molecule has 0 bridgehead atoms. The van der Waals surface area contributed by atoms with E-state index < -0.39 is 10.2 Å². The van der Waals surface area contributed by atoms with Gasteiger partial charge in [-0.25, -0.2) is 0 Å². The minimum absolute atomic E-state index is 0.326. The second-order valence-electron chi connectivity index (χ2n) is 4.56. The highest BCUT2D eigenvalue weighted by Crippen LogP contribution is 2.09. The van der Waals surface area contributed by atoms with Gasteiger partial charge in [0.15, 0.2) is 0 Å². The molecule has 0 spiro atoms. The Morgan fingerprint density at radius 2 is 2.05 bits per heavy atom. The van der Waals surface area contributed by atoms with Crippen LogP contribution >= 0.6 is 0 Å². The Kier molecular flexibility index (Phi) is 5.92. The summed E-state index contributed by atoms with van der Waals surface area (Å²) in [6.45, 7) is 1.62. The number of aromatic nitrogens is 2. The Morgan fingerprint density at radius 1 is 1.37 bits per heavy atom. The Balaban J connectivity index is 2.60. The first kappa shape index (κ1) is 16.1. The molecule has 1 aromatic rings. The number of aryl methyl sites for hydroxylation is 1. The molecule has 0 amide bonds. The van der Waals surface area contributed by atoms with E-state index in [0.717, 1.165) is 18.5 Å². The van der Waals surface area contributed by atoms with E-state index in [-0.39, 0.29) is 0 Å². The quantitative estimate of drug-likeness (QED) is 0.663. The molecule has 0 aliphatic rings. The predicted molar refractivity (Wildman–Crippen MR) is 74.8 cm³/mol. The van der Waals surface area contributed by atoms with Gasteiger partial charge in [0.2, 0.25) is 0 Å². The number of hydrogen-bond acceptors (Lipinski definition) is 4. The van der Waals surface area contributed by atoms with Crippen LogP contribution in [0.3, 0.4) is 0 Å². The van der Waals surface area contributed by atoms with Crippen LogP contribution in [0.2, 0.25) is 0 Å². The molecule has 0 atom stereocenters. The zero-order chi connectivity index (χ0) is 14.5. The van der Waals surface area contributed by atoms with Gasteiger partial charge in [0, 0.05) is 46.0 Å². The number of nitrogens with zero attached hydrogens (tertiary/aromatic N) is 4. The molecule has 0 aliphatic heterocycles. The zero-order valence-electron chi connectivity index (χ0n) is 12.0. The smallest absolute Gasteiger partial charge is 0.281 e. The predicted octanol–water partition coefficient (Wildman–Crippen LogP) is -0.362. The molecule has 0 fully saturated rings. The molecule has 0 unspecified atom stereocenters. The van der Waals surface area contributed by atoms with Crippen LogP contribution in [0.1, 0.15) is 12.0 Å². The molecule has 110 valence electrons. The first-order valence-corrected chi connectivity index (χ1v) is 7.57. The summed E-state index contributed by atoms with van der Waals surface area (Å²) in [5.41, 5.74) is 0.872. The monoisotopic (exact) mass is 289 g/mol. The third-order valence-electron chi connectivity index (χ3n) is 2.85. The van der Waals surface area contributed by atoms with E-state index in [9.17, 15) is 8.42 Å². The number of nitrogens with one attached hydrogen (secondary N) is 1. The summed E-state index contributed by atoms with van der Waals surface area (Å²) in [4.78, 5) is 0. The highest BCUT2D eigenvalue weighted by molar-refractivity contribution is 7.86. The Labute approximate surface area is 115 Å². The third kappa shape index (κ3) is 4.57. The van der Waals surface area contributed by atoms with Crippen molar-refractivity contribution in [3.8, 4) is 0 Å². The van der Waals surface area contributed by atoms with Crippen LogP contribution < -0.4 is 5.32 Å². The van der Waals surface area contributed by atoms with Gasteiger partial charge in [0.25, 0.3) is 10.2 Å². The second kappa shape index (κ2) is 6.99. The van der Waals surface area contributed by atoms with E-state index in [2.05, 4.69) is 10.4 Å². The van der Waals surface area contributed by atoms with Gasteiger partial charge in [-0.2, -0.15) is 22.1 Å². The molecule has 7 nitrogen and oxygen atoms in total. The average molecular weight is 289 g/mol. The van der Waals surface area contributed by atoms with Gasteiger partial charge in [0.05, 0.1) is 6.20 Å². The van der Waals surface area contributed by atoms with Crippen molar-refractivity contribution in [2.75, 3.05) is 34.2 Å². The highest BCUT2D eigenvalue weighted by Gasteiger charge is 2.23. The molecule has 19 heavy (non-hydrogen) atoms. The van der Waals surface area contributed by atoms with Gasteiger partial charge < -0.3 is 5.32 Å². The van der Waals surface area contributed by atoms with Crippen LogP contribution in [0, 0.1) is 0 Å². The first-order valence-electron chi connectivity index (χ1n) is 6.17. The molecule has 1 heterocycles. The number of hydrogen-bond donors (Lipinski definition) is 1. The molecule has 0 saturated heterocycles. The van der Waals surface area contributed by atoms with Gasteiger partial charge >= 0.3 is 0 Å². The molecule has 8 heteroatoms. The van der Waals surface area contributed by atoms with Gasteiger partial charge in [-0.3, -0.25) is 4.68 Å². The van der Waals surface area contributed by atoms with Gasteiger partial charge in [0.1, 0.15) is 0 Å². The van der Waals surface area contributed by atoms with Crippen molar-refractivity contribution in [3.63, 3.8) is 0 Å². The zero-order valence-corrected chi connectivity index (χ0v) is 12.8. The molecule has 1 rings (SSSR count). The topological polar surface area (TPSA) is 70.5 Å². The standard InChI is InChI=1S/C11H23N5O2S/c1-12-6-5-7-15(3)19(17,18)16(4)10-11-8-13-14(2)9-11/h8-9,12H,5-7,10H2,1-4H3. The van der Waals surface area contributed by atoms with Crippen molar-refractivity contribution >= 4 is 10.2 Å². The summed E-state index contributed by atoms with van der Waals surface area (Å²) in [7, 11) is 3.43. The fourth-order valence-electron chi connectivity index (χ4n) is 1.72. The third-order valence-corrected chi connectivity index (χ3v) is 4.74. The molecule has 0 aliphatic carbocycles. The Morgan fingerprint density at radius 3 is 2.58 bits per heavy atom. The van der Waals surface area contributed by atoms with Crippen LogP contribution in [0.4, 0.5) is 0 Å². The lowest BCUT2D eigenvalue weighted by Gasteiger charge is -2.24. The van der Waals surface area contributed by atoms with E-state index in [1.54, 1.807) is 25.0 Å². The maximum atomic E-state index is 12.2. The van der Waals surface area contributed by atoms with E-state index in [4.69, 9.17) is 0 Å². The molecule has 0 saturated carbocycles. The van der Waals surface area contributed by atoms with Crippen molar-refractivity contribution in [3.05, 3.63) is 18.0 Å². The summed E-state index contributed by atoms with van der Waals surface area (Å²) < 4.78 is 28.9. The summed E-state index contributed by atoms with van der Waals surface area (Å²) in [5.74, 6) is 0. The molecule has 1 aromatic heterocycles. The lowest BCUT2D eigenvalue weighted by molar-refractivity contribution is 0.385. The second-order valence-corrected chi connectivity index (χ2v) is 6.71. The van der Waals surface area contributed by atoms with E-state index in [1.807, 2.05) is 20.3 Å². The molecular formula is C11H23N5O2S. The van der Waals surface area contributed by atoms with Crippen LogP contribution in [0.25, 0.3) is 0 Å². The van der Waals surface area contributed by atoms with Gasteiger partial charge in [-0.1, -0.05) is 0 Å².